The number of hydrogen-bond acceptors (Lipinski definition) is 1. The molecule has 1 aliphatic carbocycles. The first-order valence-electron chi connectivity index (χ1n) is 8.05. The maximum Gasteiger partial charge on any atom is 0.123 e. The second-order valence-electron chi connectivity index (χ2n) is 6.77. The summed E-state index contributed by atoms with van der Waals surface area (Å²) < 4.78 is 12.9. The normalized spacial score (nSPS) is 24.9. The van der Waals surface area contributed by atoms with E-state index in [1.165, 1.54) is 31.2 Å². The van der Waals surface area contributed by atoms with Crippen molar-refractivity contribution >= 4 is 0 Å². The van der Waals surface area contributed by atoms with Gasteiger partial charge in [0, 0.05) is 12.1 Å². The number of nitrogens with one attached hydrogen (secondary N) is 1. The molecule has 0 spiro atoms. The van der Waals surface area contributed by atoms with Gasteiger partial charge in [-0.05, 0) is 55.7 Å². The van der Waals surface area contributed by atoms with Crippen LogP contribution in [0.4, 0.5) is 4.39 Å². The predicted octanol–water partition coefficient (Wildman–Crippen LogP) is 4.56. The van der Waals surface area contributed by atoms with Crippen LogP contribution in [0.15, 0.2) is 24.3 Å². The molecule has 112 valence electrons. The Bertz CT molecular complexity index is 398. The first-order valence-corrected chi connectivity index (χ1v) is 8.05. The molecule has 0 amide bonds. The Kier molecular flexibility index (Phi) is 5.59. The molecule has 0 radical (unpaired) electrons. The molecule has 0 heterocycles. The summed E-state index contributed by atoms with van der Waals surface area (Å²) in [5, 5.41) is 3.77. The zero-order valence-corrected chi connectivity index (χ0v) is 13.0. The fourth-order valence-corrected chi connectivity index (χ4v) is 3.42. The molecule has 1 fully saturated rings. The largest absolute Gasteiger partial charge is 0.311 e. The van der Waals surface area contributed by atoms with Crippen molar-refractivity contribution in [1.82, 2.24) is 5.32 Å². The van der Waals surface area contributed by atoms with Crippen LogP contribution < -0.4 is 5.32 Å². The zero-order valence-electron chi connectivity index (χ0n) is 13.0. The molecule has 0 aliphatic heterocycles. The van der Waals surface area contributed by atoms with Crippen molar-refractivity contribution in [2.24, 2.45) is 11.8 Å². The molecule has 0 aromatic heterocycles. The minimum absolute atomic E-state index is 0.151. The summed E-state index contributed by atoms with van der Waals surface area (Å²) in [4.78, 5) is 0. The number of hydrogen-bond donors (Lipinski definition) is 1. The third-order valence-corrected chi connectivity index (χ3v) is 4.63. The monoisotopic (exact) mass is 277 g/mol. The van der Waals surface area contributed by atoms with Gasteiger partial charge in [0.05, 0.1) is 0 Å². The summed E-state index contributed by atoms with van der Waals surface area (Å²) in [6, 6.07) is 8.01. The van der Waals surface area contributed by atoms with E-state index in [4.69, 9.17) is 0 Å². The summed E-state index contributed by atoms with van der Waals surface area (Å²) in [7, 11) is 0. The number of rotatable bonds is 5. The molecule has 1 aromatic carbocycles. The highest BCUT2D eigenvalue weighted by Crippen LogP contribution is 2.30. The van der Waals surface area contributed by atoms with Crippen LogP contribution >= 0.6 is 0 Å². The minimum Gasteiger partial charge on any atom is -0.311 e. The first-order chi connectivity index (χ1) is 9.54. The highest BCUT2D eigenvalue weighted by atomic mass is 19.1. The van der Waals surface area contributed by atoms with Gasteiger partial charge in [0.1, 0.15) is 5.82 Å². The molecule has 1 N–H and O–H groups in total. The third kappa shape index (κ3) is 4.59. The van der Waals surface area contributed by atoms with Crippen LogP contribution in [0.1, 0.15) is 52.0 Å². The van der Waals surface area contributed by atoms with E-state index in [1.54, 1.807) is 12.1 Å². The quantitative estimate of drug-likeness (QED) is 0.832. The molecule has 2 heteroatoms. The molecule has 3 unspecified atom stereocenters. The van der Waals surface area contributed by atoms with Gasteiger partial charge < -0.3 is 5.32 Å². The highest BCUT2D eigenvalue weighted by molar-refractivity contribution is 5.17. The molecule has 0 saturated heterocycles. The minimum atomic E-state index is -0.151. The molecule has 1 nitrogen and oxygen atoms in total. The average molecular weight is 277 g/mol. The Balaban J connectivity index is 1.81. The Hall–Kier alpha value is -0.890. The SMILES string of the molecule is CC(Cc1ccc(F)cc1)NC1CCCC(C(C)C)C1. The Morgan fingerprint density at radius 3 is 2.50 bits per heavy atom. The van der Waals surface area contributed by atoms with Crippen molar-refractivity contribution in [3.63, 3.8) is 0 Å². The standard InChI is InChI=1S/C18H28FN/c1-13(2)16-5-4-6-18(12-16)20-14(3)11-15-7-9-17(19)10-8-15/h7-10,13-14,16,18,20H,4-6,11-12H2,1-3H3. The highest BCUT2D eigenvalue weighted by Gasteiger charge is 2.24. The van der Waals surface area contributed by atoms with E-state index in [0.29, 0.717) is 12.1 Å². The Morgan fingerprint density at radius 2 is 1.85 bits per heavy atom. The van der Waals surface area contributed by atoms with Crippen molar-refractivity contribution in [1.29, 1.82) is 0 Å². The lowest BCUT2D eigenvalue weighted by molar-refractivity contribution is 0.222. The van der Waals surface area contributed by atoms with E-state index in [-0.39, 0.29) is 5.82 Å². The molecule has 1 aromatic rings. The van der Waals surface area contributed by atoms with Gasteiger partial charge in [-0.3, -0.25) is 0 Å². The lowest BCUT2D eigenvalue weighted by atomic mass is 9.79. The van der Waals surface area contributed by atoms with Gasteiger partial charge in [-0.1, -0.05) is 38.8 Å². The molecule has 2 rings (SSSR count). The average Bonchev–Trinajstić information content (AvgIpc) is 2.41. The summed E-state index contributed by atoms with van der Waals surface area (Å²) >= 11 is 0. The van der Waals surface area contributed by atoms with E-state index in [0.717, 1.165) is 18.3 Å². The second kappa shape index (κ2) is 7.21. The molecule has 1 aliphatic rings. The fraction of sp³-hybridized carbons (Fsp3) is 0.667. The maximum absolute atomic E-state index is 12.9. The first kappa shape index (κ1) is 15.5. The number of benzene rings is 1. The van der Waals surface area contributed by atoms with Crippen LogP contribution in [0, 0.1) is 17.7 Å². The smallest absolute Gasteiger partial charge is 0.123 e. The summed E-state index contributed by atoms with van der Waals surface area (Å²) in [6.07, 6.45) is 6.33. The molecule has 20 heavy (non-hydrogen) atoms. The predicted molar refractivity (Wildman–Crippen MR) is 83.3 cm³/mol. The van der Waals surface area contributed by atoms with Crippen molar-refractivity contribution in [2.45, 2.75) is 65.0 Å². The van der Waals surface area contributed by atoms with Gasteiger partial charge in [0.15, 0.2) is 0 Å². The third-order valence-electron chi connectivity index (χ3n) is 4.63. The Labute approximate surface area is 123 Å². The van der Waals surface area contributed by atoms with Crippen LogP contribution in [-0.2, 0) is 6.42 Å². The van der Waals surface area contributed by atoms with E-state index >= 15 is 0 Å². The molecular weight excluding hydrogens is 249 g/mol. The van der Waals surface area contributed by atoms with Gasteiger partial charge in [-0.15, -0.1) is 0 Å². The van der Waals surface area contributed by atoms with Crippen molar-refractivity contribution < 1.29 is 4.39 Å². The molecule has 1 saturated carbocycles. The zero-order chi connectivity index (χ0) is 14.5. The van der Waals surface area contributed by atoms with Crippen molar-refractivity contribution in [3.05, 3.63) is 35.6 Å². The second-order valence-corrected chi connectivity index (χ2v) is 6.77. The lowest BCUT2D eigenvalue weighted by Crippen LogP contribution is -2.41. The fourth-order valence-electron chi connectivity index (χ4n) is 3.42. The van der Waals surface area contributed by atoms with E-state index < -0.39 is 0 Å². The molecular formula is C18H28FN. The number of halogens is 1. The lowest BCUT2D eigenvalue weighted by Gasteiger charge is -2.34. The Morgan fingerprint density at radius 1 is 1.15 bits per heavy atom. The van der Waals surface area contributed by atoms with Crippen LogP contribution in [0.2, 0.25) is 0 Å². The van der Waals surface area contributed by atoms with Crippen molar-refractivity contribution in [3.8, 4) is 0 Å². The summed E-state index contributed by atoms with van der Waals surface area (Å²) in [6.45, 7) is 6.92. The van der Waals surface area contributed by atoms with E-state index in [9.17, 15) is 4.39 Å². The maximum atomic E-state index is 12.9. The van der Waals surface area contributed by atoms with Gasteiger partial charge in [-0.25, -0.2) is 4.39 Å². The van der Waals surface area contributed by atoms with Crippen LogP contribution in [-0.4, -0.2) is 12.1 Å². The van der Waals surface area contributed by atoms with Gasteiger partial charge in [-0.2, -0.15) is 0 Å². The van der Waals surface area contributed by atoms with Crippen LogP contribution in [0.25, 0.3) is 0 Å². The van der Waals surface area contributed by atoms with Gasteiger partial charge in [0.25, 0.3) is 0 Å². The van der Waals surface area contributed by atoms with E-state index in [2.05, 4.69) is 26.1 Å². The molecule has 3 atom stereocenters. The van der Waals surface area contributed by atoms with Gasteiger partial charge >= 0.3 is 0 Å². The van der Waals surface area contributed by atoms with E-state index in [1.807, 2.05) is 12.1 Å². The topological polar surface area (TPSA) is 12.0 Å². The van der Waals surface area contributed by atoms with Crippen LogP contribution in [0.5, 0.6) is 0 Å². The summed E-state index contributed by atoms with van der Waals surface area (Å²) in [5.41, 5.74) is 1.21. The summed E-state index contributed by atoms with van der Waals surface area (Å²) in [5.74, 6) is 1.52. The van der Waals surface area contributed by atoms with Crippen molar-refractivity contribution in [2.75, 3.05) is 0 Å². The van der Waals surface area contributed by atoms with Gasteiger partial charge in [0.2, 0.25) is 0 Å². The molecule has 0 bridgehead atoms. The van der Waals surface area contributed by atoms with Crippen LogP contribution in [0.3, 0.4) is 0 Å².